The zero-order chi connectivity index (χ0) is 19.8. The van der Waals surface area contributed by atoms with Crippen LogP contribution in [0.3, 0.4) is 0 Å². The van der Waals surface area contributed by atoms with Gasteiger partial charge in [0, 0.05) is 4.88 Å². The van der Waals surface area contributed by atoms with Gasteiger partial charge in [-0.25, -0.2) is 9.78 Å². The number of aromatic amines is 1. The third-order valence-electron chi connectivity index (χ3n) is 5.10. The van der Waals surface area contributed by atoms with Crippen molar-refractivity contribution in [2.75, 3.05) is 0 Å². The van der Waals surface area contributed by atoms with E-state index in [4.69, 9.17) is 10.00 Å². The summed E-state index contributed by atoms with van der Waals surface area (Å²) in [6.45, 7) is 3.91. The molecule has 0 saturated heterocycles. The molecule has 0 unspecified atom stereocenters. The minimum Gasteiger partial charge on any atom is -0.451 e. The molecule has 1 aliphatic carbocycles. The summed E-state index contributed by atoms with van der Waals surface area (Å²) in [6, 6.07) is 8.21. The number of nitrogens with zero attached hydrogens (tertiary/aromatic N) is 2. The smallest absolute Gasteiger partial charge is 0.338 e. The van der Waals surface area contributed by atoms with Crippen molar-refractivity contribution in [1.29, 1.82) is 5.26 Å². The van der Waals surface area contributed by atoms with Crippen LogP contribution in [-0.4, -0.2) is 15.9 Å². The quantitative estimate of drug-likeness (QED) is 0.681. The Morgan fingerprint density at radius 3 is 2.86 bits per heavy atom. The van der Waals surface area contributed by atoms with E-state index in [0.29, 0.717) is 33.1 Å². The van der Waals surface area contributed by atoms with Crippen molar-refractivity contribution in [3.05, 3.63) is 62.0 Å². The number of rotatable bonds is 3. The van der Waals surface area contributed by atoms with Crippen molar-refractivity contribution in [2.24, 2.45) is 5.92 Å². The van der Waals surface area contributed by atoms with Gasteiger partial charge in [0.15, 0.2) is 11.9 Å². The molecular weight excluding hydrogens is 374 g/mol. The standard InChI is InChI=1S/C21H19N3O3S/c1-11-3-8-15-16(9-11)28-20-17(15)19(25)23-18(24-20)12(2)27-21(26)14-6-4-13(10-22)5-7-14/h4-7,11-12H,3,8-9H2,1-2H3,(H,23,24,25)/t11-,12+/m1/s1. The van der Waals surface area contributed by atoms with E-state index in [0.717, 1.165) is 24.8 Å². The van der Waals surface area contributed by atoms with Gasteiger partial charge in [-0.1, -0.05) is 6.92 Å². The van der Waals surface area contributed by atoms with Crippen molar-refractivity contribution in [2.45, 2.75) is 39.2 Å². The number of H-pyrrole nitrogens is 1. The Balaban J connectivity index is 1.60. The van der Waals surface area contributed by atoms with E-state index in [9.17, 15) is 9.59 Å². The minimum atomic E-state index is -0.696. The average Bonchev–Trinajstić information content (AvgIpc) is 3.05. The van der Waals surface area contributed by atoms with Crippen molar-refractivity contribution in [3.63, 3.8) is 0 Å². The molecule has 0 amide bonds. The third-order valence-corrected chi connectivity index (χ3v) is 6.25. The summed E-state index contributed by atoms with van der Waals surface area (Å²) in [7, 11) is 0. The van der Waals surface area contributed by atoms with Crippen molar-refractivity contribution >= 4 is 27.5 Å². The van der Waals surface area contributed by atoms with Gasteiger partial charge < -0.3 is 9.72 Å². The highest BCUT2D eigenvalue weighted by atomic mass is 32.1. The van der Waals surface area contributed by atoms with E-state index in [2.05, 4.69) is 16.9 Å². The van der Waals surface area contributed by atoms with Crippen LogP contribution in [0.2, 0.25) is 0 Å². The zero-order valence-electron chi connectivity index (χ0n) is 15.6. The largest absolute Gasteiger partial charge is 0.451 e. The Hall–Kier alpha value is -2.98. The molecule has 7 heteroatoms. The topological polar surface area (TPSA) is 95.8 Å². The maximum atomic E-state index is 12.7. The number of nitriles is 1. The first-order valence-corrected chi connectivity index (χ1v) is 10.0. The summed E-state index contributed by atoms with van der Waals surface area (Å²) < 4.78 is 5.47. The second-order valence-electron chi connectivity index (χ2n) is 7.22. The molecule has 4 rings (SSSR count). The average molecular weight is 393 g/mol. The summed E-state index contributed by atoms with van der Waals surface area (Å²) >= 11 is 1.57. The fraction of sp³-hybridized carbons (Fsp3) is 0.333. The minimum absolute atomic E-state index is 0.173. The number of thiophene rings is 1. The highest BCUT2D eigenvalue weighted by molar-refractivity contribution is 7.18. The zero-order valence-corrected chi connectivity index (χ0v) is 16.4. The van der Waals surface area contributed by atoms with Crippen LogP contribution in [0.1, 0.15) is 58.6 Å². The van der Waals surface area contributed by atoms with E-state index in [1.807, 2.05) is 6.07 Å². The van der Waals surface area contributed by atoms with E-state index >= 15 is 0 Å². The van der Waals surface area contributed by atoms with Crippen LogP contribution in [0.5, 0.6) is 0 Å². The lowest BCUT2D eigenvalue weighted by Gasteiger charge is -2.17. The fourth-order valence-corrected chi connectivity index (χ4v) is 4.91. The molecule has 2 atom stereocenters. The number of fused-ring (bicyclic) bond motifs is 3. The second-order valence-corrected chi connectivity index (χ2v) is 8.30. The Morgan fingerprint density at radius 2 is 2.14 bits per heavy atom. The number of aromatic nitrogens is 2. The normalized spacial score (nSPS) is 17.0. The van der Waals surface area contributed by atoms with Gasteiger partial charge in [0.25, 0.3) is 5.56 Å². The van der Waals surface area contributed by atoms with Crippen LogP contribution in [0.15, 0.2) is 29.1 Å². The third kappa shape index (κ3) is 3.32. The molecule has 1 N–H and O–H groups in total. The van der Waals surface area contributed by atoms with E-state index in [1.54, 1.807) is 42.5 Å². The highest BCUT2D eigenvalue weighted by Crippen LogP contribution is 2.36. The number of hydrogen-bond donors (Lipinski definition) is 1. The molecule has 28 heavy (non-hydrogen) atoms. The number of aryl methyl sites for hydroxylation is 1. The first-order chi connectivity index (χ1) is 13.5. The van der Waals surface area contributed by atoms with Crippen LogP contribution >= 0.6 is 11.3 Å². The lowest BCUT2D eigenvalue weighted by atomic mass is 9.89. The van der Waals surface area contributed by atoms with Crippen molar-refractivity contribution in [1.82, 2.24) is 9.97 Å². The number of carbonyl (C=O) groups excluding carboxylic acids is 1. The highest BCUT2D eigenvalue weighted by Gasteiger charge is 2.24. The molecule has 0 aliphatic heterocycles. The molecule has 6 nitrogen and oxygen atoms in total. The number of benzene rings is 1. The van der Waals surface area contributed by atoms with Gasteiger partial charge in [0.2, 0.25) is 0 Å². The first-order valence-electron chi connectivity index (χ1n) is 9.22. The van der Waals surface area contributed by atoms with E-state index in [-0.39, 0.29) is 5.56 Å². The van der Waals surface area contributed by atoms with Gasteiger partial charge in [0.05, 0.1) is 22.6 Å². The van der Waals surface area contributed by atoms with Gasteiger partial charge in [0.1, 0.15) is 4.83 Å². The number of esters is 1. The van der Waals surface area contributed by atoms with Gasteiger partial charge in [-0.05, 0) is 61.9 Å². The molecule has 1 aromatic carbocycles. The van der Waals surface area contributed by atoms with Gasteiger partial charge in [-0.15, -0.1) is 11.3 Å². The second kappa shape index (κ2) is 7.21. The molecule has 1 aliphatic rings. The van der Waals surface area contributed by atoms with Crippen molar-refractivity contribution < 1.29 is 9.53 Å². The summed E-state index contributed by atoms with van der Waals surface area (Å²) in [4.78, 5) is 34.4. The molecule has 2 heterocycles. The monoisotopic (exact) mass is 393 g/mol. The Labute approximate surface area is 165 Å². The molecule has 0 radical (unpaired) electrons. The van der Waals surface area contributed by atoms with Crippen LogP contribution in [0.4, 0.5) is 0 Å². The van der Waals surface area contributed by atoms with Gasteiger partial charge in [-0.2, -0.15) is 5.26 Å². The van der Waals surface area contributed by atoms with Crippen molar-refractivity contribution in [3.8, 4) is 6.07 Å². The van der Waals surface area contributed by atoms with E-state index in [1.165, 1.54) is 4.88 Å². The van der Waals surface area contributed by atoms with Crippen LogP contribution in [0, 0.1) is 17.2 Å². The maximum Gasteiger partial charge on any atom is 0.338 e. The molecule has 2 aromatic heterocycles. The maximum absolute atomic E-state index is 12.7. The molecule has 142 valence electrons. The Kier molecular flexibility index (Phi) is 4.73. The van der Waals surface area contributed by atoms with Crippen LogP contribution in [0.25, 0.3) is 10.2 Å². The number of ether oxygens (including phenoxy) is 1. The lowest BCUT2D eigenvalue weighted by molar-refractivity contribution is 0.0320. The predicted molar refractivity (Wildman–Crippen MR) is 106 cm³/mol. The van der Waals surface area contributed by atoms with Crippen LogP contribution in [-0.2, 0) is 17.6 Å². The molecule has 0 bridgehead atoms. The Bertz CT molecular complexity index is 1150. The molecule has 3 aromatic rings. The molecule has 0 saturated carbocycles. The number of nitrogens with one attached hydrogen (secondary N) is 1. The molecule has 0 spiro atoms. The van der Waals surface area contributed by atoms with Crippen LogP contribution < -0.4 is 5.56 Å². The SMILES string of the molecule is C[C@@H]1CCc2c(sc3nc([C@H](C)OC(=O)c4ccc(C#N)cc4)[nH]c(=O)c23)C1. The first kappa shape index (κ1) is 18.4. The summed E-state index contributed by atoms with van der Waals surface area (Å²) in [6.07, 6.45) is 2.27. The fourth-order valence-electron chi connectivity index (χ4n) is 3.52. The molecule has 0 fully saturated rings. The summed E-state index contributed by atoms with van der Waals surface area (Å²) in [5, 5.41) is 9.52. The Morgan fingerprint density at radius 1 is 1.39 bits per heavy atom. The molecular formula is C21H19N3O3S. The van der Waals surface area contributed by atoms with Gasteiger partial charge in [-0.3, -0.25) is 4.79 Å². The summed E-state index contributed by atoms with van der Waals surface area (Å²) in [5.74, 6) is 0.427. The lowest BCUT2D eigenvalue weighted by Crippen LogP contribution is -2.18. The van der Waals surface area contributed by atoms with E-state index < -0.39 is 12.1 Å². The number of hydrogen-bond acceptors (Lipinski definition) is 6. The summed E-state index contributed by atoms with van der Waals surface area (Å²) in [5.41, 5.74) is 1.76. The predicted octanol–water partition coefficient (Wildman–Crippen LogP) is 3.90. The number of carbonyl (C=O) groups is 1. The van der Waals surface area contributed by atoms with Gasteiger partial charge >= 0.3 is 5.97 Å².